The van der Waals surface area contributed by atoms with Crippen LogP contribution in [0.2, 0.25) is 5.02 Å². The summed E-state index contributed by atoms with van der Waals surface area (Å²) in [7, 11) is 0. The van der Waals surface area contributed by atoms with Gasteiger partial charge in [0.2, 0.25) is 5.91 Å². The van der Waals surface area contributed by atoms with Gasteiger partial charge < -0.3 is 5.32 Å². The first-order valence-electron chi connectivity index (χ1n) is 7.31. The lowest BCUT2D eigenvalue weighted by molar-refractivity contribution is -0.137. The molecule has 0 saturated carbocycles. The maximum atomic E-state index is 13.0. The van der Waals surface area contributed by atoms with Crippen molar-refractivity contribution in [3.05, 3.63) is 64.2 Å². The average Bonchev–Trinajstić information content (AvgIpc) is 2.80. The van der Waals surface area contributed by atoms with Gasteiger partial charge in [-0.1, -0.05) is 29.8 Å². The van der Waals surface area contributed by atoms with Gasteiger partial charge in [-0.3, -0.25) is 19.3 Å². The summed E-state index contributed by atoms with van der Waals surface area (Å²) in [4.78, 5) is 37.3. The first kappa shape index (κ1) is 17.9. The van der Waals surface area contributed by atoms with Gasteiger partial charge >= 0.3 is 6.18 Å². The maximum Gasteiger partial charge on any atom is 0.418 e. The minimum atomic E-state index is -4.66. The third kappa shape index (κ3) is 3.15. The number of anilines is 1. The van der Waals surface area contributed by atoms with Crippen molar-refractivity contribution < 1.29 is 27.6 Å². The van der Waals surface area contributed by atoms with Gasteiger partial charge in [0.25, 0.3) is 11.8 Å². The number of fused-ring (bicyclic) bond motifs is 1. The van der Waals surface area contributed by atoms with Crippen LogP contribution in [-0.4, -0.2) is 29.2 Å². The number of amides is 3. The number of imide groups is 1. The summed E-state index contributed by atoms with van der Waals surface area (Å²) < 4.78 is 38.9. The van der Waals surface area contributed by atoms with E-state index in [9.17, 15) is 27.6 Å². The highest BCUT2D eigenvalue weighted by Crippen LogP contribution is 2.34. The van der Waals surface area contributed by atoms with Crippen molar-refractivity contribution in [2.24, 2.45) is 0 Å². The molecular weight excluding hydrogens is 373 g/mol. The fourth-order valence-electron chi connectivity index (χ4n) is 2.61. The van der Waals surface area contributed by atoms with E-state index in [2.05, 4.69) is 5.32 Å². The highest BCUT2D eigenvalue weighted by molar-refractivity contribution is 6.37. The van der Waals surface area contributed by atoms with Gasteiger partial charge in [-0.05, 0) is 24.3 Å². The number of para-hydroxylation sites is 1. The summed E-state index contributed by atoms with van der Waals surface area (Å²) in [5.74, 6) is -2.44. The number of rotatable bonds is 3. The molecule has 0 fully saturated rings. The zero-order valence-corrected chi connectivity index (χ0v) is 13.7. The lowest BCUT2D eigenvalue weighted by atomic mass is 10.1. The molecule has 26 heavy (non-hydrogen) atoms. The Labute approximate surface area is 150 Å². The van der Waals surface area contributed by atoms with Gasteiger partial charge in [0.1, 0.15) is 6.54 Å². The number of carbonyl (C=O) groups is 3. The van der Waals surface area contributed by atoms with Crippen molar-refractivity contribution in [3.63, 3.8) is 0 Å². The largest absolute Gasteiger partial charge is 0.418 e. The molecule has 5 nitrogen and oxygen atoms in total. The molecule has 1 heterocycles. The summed E-state index contributed by atoms with van der Waals surface area (Å²) >= 11 is 5.91. The van der Waals surface area contributed by atoms with E-state index in [0.717, 1.165) is 12.1 Å². The van der Waals surface area contributed by atoms with Gasteiger partial charge in [-0.25, -0.2) is 0 Å². The lowest BCUT2D eigenvalue weighted by Gasteiger charge is -2.16. The highest BCUT2D eigenvalue weighted by atomic mass is 35.5. The van der Waals surface area contributed by atoms with Crippen LogP contribution in [-0.2, 0) is 11.0 Å². The Balaban J connectivity index is 1.80. The Morgan fingerprint density at radius 3 is 2.38 bits per heavy atom. The Bertz CT molecular complexity index is 928. The smallest absolute Gasteiger partial charge is 0.324 e. The second kappa shape index (κ2) is 6.45. The summed E-state index contributed by atoms with van der Waals surface area (Å²) in [6.07, 6.45) is -4.66. The summed E-state index contributed by atoms with van der Waals surface area (Å²) in [5, 5.41) is 2.15. The maximum absolute atomic E-state index is 13.0. The molecule has 0 unspecified atom stereocenters. The predicted molar refractivity (Wildman–Crippen MR) is 86.9 cm³/mol. The minimum Gasteiger partial charge on any atom is -0.324 e. The zero-order valence-electron chi connectivity index (χ0n) is 12.9. The standard InChI is InChI=1S/C17H10ClF3N2O3/c18-11-6-3-4-9-14(11)16(26)23(15(9)25)8-13(24)22-12-7-2-1-5-10(12)17(19,20)21/h1-7H,8H2,(H,22,24). The van der Waals surface area contributed by atoms with Crippen LogP contribution in [0.25, 0.3) is 0 Å². The van der Waals surface area contributed by atoms with Crippen molar-refractivity contribution in [1.29, 1.82) is 0 Å². The van der Waals surface area contributed by atoms with E-state index >= 15 is 0 Å². The van der Waals surface area contributed by atoms with Crippen molar-refractivity contribution in [1.82, 2.24) is 4.90 Å². The number of benzene rings is 2. The molecule has 1 aliphatic rings. The molecule has 2 aromatic rings. The first-order chi connectivity index (χ1) is 12.2. The molecule has 0 atom stereocenters. The number of alkyl halides is 3. The Morgan fingerprint density at radius 1 is 1.04 bits per heavy atom. The van der Waals surface area contributed by atoms with E-state index in [0.29, 0.717) is 4.90 Å². The van der Waals surface area contributed by atoms with Crippen molar-refractivity contribution >= 4 is 35.0 Å². The number of nitrogens with zero attached hydrogens (tertiary/aromatic N) is 1. The van der Waals surface area contributed by atoms with Crippen molar-refractivity contribution in [3.8, 4) is 0 Å². The third-order valence-electron chi connectivity index (χ3n) is 3.76. The van der Waals surface area contributed by atoms with Gasteiger partial charge in [-0.2, -0.15) is 13.2 Å². The molecule has 3 rings (SSSR count). The van der Waals surface area contributed by atoms with E-state index in [1.807, 2.05) is 0 Å². The quantitative estimate of drug-likeness (QED) is 0.825. The van der Waals surface area contributed by atoms with E-state index in [-0.39, 0.29) is 16.1 Å². The Hall–Kier alpha value is -2.87. The monoisotopic (exact) mass is 382 g/mol. The molecule has 3 amide bonds. The predicted octanol–water partition coefficient (Wildman–Crippen LogP) is 3.59. The van der Waals surface area contributed by atoms with Crippen LogP contribution in [0, 0.1) is 0 Å². The lowest BCUT2D eigenvalue weighted by Crippen LogP contribution is -2.37. The normalized spacial score (nSPS) is 13.8. The third-order valence-corrected chi connectivity index (χ3v) is 4.07. The molecule has 134 valence electrons. The SMILES string of the molecule is O=C(CN1C(=O)c2cccc(Cl)c2C1=O)Nc1ccccc1C(F)(F)F. The highest BCUT2D eigenvalue weighted by Gasteiger charge is 2.39. The van der Waals surface area contributed by atoms with Gasteiger partial charge in [0, 0.05) is 0 Å². The molecule has 1 N–H and O–H groups in total. The number of hydrogen-bond donors (Lipinski definition) is 1. The molecule has 0 spiro atoms. The van der Waals surface area contributed by atoms with Crippen LogP contribution in [0.15, 0.2) is 42.5 Å². The van der Waals surface area contributed by atoms with Gasteiger partial charge in [0.05, 0.1) is 27.4 Å². The van der Waals surface area contributed by atoms with Crippen LogP contribution in [0.3, 0.4) is 0 Å². The molecule has 0 radical (unpaired) electrons. The Morgan fingerprint density at radius 2 is 1.73 bits per heavy atom. The average molecular weight is 383 g/mol. The second-order valence-electron chi connectivity index (χ2n) is 5.45. The fraction of sp³-hybridized carbons (Fsp3) is 0.118. The fourth-order valence-corrected chi connectivity index (χ4v) is 2.86. The molecule has 1 aliphatic heterocycles. The number of nitrogens with one attached hydrogen (secondary N) is 1. The van der Waals surface area contributed by atoms with E-state index in [1.165, 1.54) is 30.3 Å². The van der Waals surface area contributed by atoms with Crippen molar-refractivity contribution in [2.45, 2.75) is 6.18 Å². The molecular formula is C17H10ClF3N2O3. The molecule has 0 saturated heterocycles. The zero-order chi connectivity index (χ0) is 19.1. The minimum absolute atomic E-state index is 0.0253. The summed E-state index contributed by atoms with van der Waals surface area (Å²) in [6, 6.07) is 8.71. The van der Waals surface area contributed by atoms with Crippen LogP contribution in [0.1, 0.15) is 26.3 Å². The van der Waals surface area contributed by atoms with Crippen LogP contribution in [0.4, 0.5) is 18.9 Å². The molecule has 0 bridgehead atoms. The Kier molecular flexibility index (Phi) is 4.45. The van der Waals surface area contributed by atoms with Crippen molar-refractivity contribution in [2.75, 3.05) is 11.9 Å². The first-order valence-corrected chi connectivity index (χ1v) is 7.68. The summed E-state index contributed by atoms with van der Waals surface area (Å²) in [5.41, 5.74) is -1.47. The molecule has 2 aromatic carbocycles. The molecule has 0 aliphatic carbocycles. The van der Waals surface area contributed by atoms with E-state index in [4.69, 9.17) is 11.6 Å². The van der Waals surface area contributed by atoms with E-state index < -0.39 is 41.7 Å². The number of halogens is 4. The summed E-state index contributed by atoms with van der Waals surface area (Å²) in [6.45, 7) is -0.727. The van der Waals surface area contributed by atoms with Crippen LogP contribution >= 0.6 is 11.6 Å². The molecule has 0 aromatic heterocycles. The van der Waals surface area contributed by atoms with Crippen LogP contribution < -0.4 is 5.32 Å². The van der Waals surface area contributed by atoms with Gasteiger partial charge in [0.15, 0.2) is 0 Å². The van der Waals surface area contributed by atoms with Gasteiger partial charge in [-0.15, -0.1) is 0 Å². The topological polar surface area (TPSA) is 66.5 Å². The molecule has 9 heteroatoms. The number of carbonyl (C=O) groups excluding carboxylic acids is 3. The number of hydrogen-bond acceptors (Lipinski definition) is 3. The van der Waals surface area contributed by atoms with E-state index in [1.54, 1.807) is 0 Å². The second-order valence-corrected chi connectivity index (χ2v) is 5.86. The van der Waals surface area contributed by atoms with Crippen LogP contribution in [0.5, 0.6) is 0 Å².